The lowest BCUT2D eigenvalue weighted by molar-refractivity contribution is 0.148. The van der Waals surface area contributed by atoms with E-state index in [4.69, 9.17) is 4.42 Å². The third-order valence-electron chi connectivity index (χ3n) is 3.29. The highest BCUT2D eigenvalue weighted by molar-refractivity contribution is 5.42. The Bertz CT molecular complexity index is 358. The fraction of sp³-hybridized carbons (Fsp3) is 0.636. The first kappa shape index (κ1) is 7.63. The lowest BCUT2D eigenvalue weighted by Gasteiger charge is -2.07. The van der Waals surface area contributed by atoms with Crippen molar-refractivity contribution in [3.8, 4) is 0 Å². The van der Waals surface area contributed by atoms with Crippen LogP contribution in [0.1, 0.15) is 41.9 Å². The molecule has 0 aliphatic heterocycles. The minimum absolute atomic E-state index is 0.508. The highest BCUT2D eigenvalue weighted by Crippen LogP contribution is 2.50. The molecule has 70 valence electrons. The zero-order valence-corrected chi connectivity index (χ0v) is 7.89. The van der Waals surface area contributed by atoms with E-state index in [1.54, 1.807) is 0 Å². The first-order valence-electron chi connectivity index (χ1n) is 5.05. The van der Waals surface area contributed by atoms with Crippen LogP contribution in [-0.4, -0.2) is 5.11 Å². The van der Waals surface area contributed by atoms with Gasteiger partial charge >= 0.3 is 0 Å². The molecule has 0 spiro atoms. The van der Waals surface area contributed by atoms with Crippen LogP contribution in [0.2, 0.25) is 0 Å². The quantitative estimate of drug-likeness (QED) is 0.714. The molecule has 1 aromatic rings. The fourth-order valence-corrected chi connectivity index (χ4v) is 2.52. The SMILES string of the molecule is Cc1oc2c(c1C1(O)CC1)CCC2. The van der Waals surface area contributed by atoms with E-state index in [1.807, 2.05) is 6.92 Å². The number of hydrogen-bond acceptors (Lipinski definition) is 2. The van der Waals surface area contributed by atoms with Gasteiger partial charge in [-0.1, -0.05) is 0 Å². The van der Waals surface area contributed by atoms with E-state index in [-0.39, 0.29) is 0 Å². The first-order valence-corrected chi connectivity index (χ1v) is 5.05. The van der Waals surface area contributed by atoms with Crippen molar-refractivity contribution in [2.45, 2.75) is 44.6 Å². The van der Waals surface area contributed by atoms with Crippen molar-refractivity contribution in [1.82, 2.24) is 0 Å². The molecule has 1 N–H and O–H groups in total. The number of rotatable bonds is 1. The summed E-state index contributed by atoms with van der Waals surface area (Å²) in [6, 6.07) is 0. The normalized spacial score (nSPS) is 23.2. The molecule has 2 aliphatic carbocycles. The van der Waals surface area contributed by atoms with E-state index in [1.165, 1.54) is 12.0 Å². The molecule has 0 bridgehead atoms. The molecule has 0 radical (unpaired) electrons. The predicted octanol–water partition coefficient (Wildman–Crippen LogP) is 2.06. The molecule has 3 rings (SSSR count). The van der Waals surface area contributed by atoms with Gasteiger partial charge in [0.25, 0.3) is 0 Å². The molecule has 2 heteroatoms. The van der Waals surface area contributed by atoms with Crippen molar-refractivity contribution in [2.75, 3.05) is 0 Å². The van der Waals surface area contributed by atoms with E-state index >= 15 is 0 Å². The van der Waals surface area contributed by atoms with Crippen LogP contribution in [0.3, 0.4) is 0 Å². The van der Waals surface area contributed by atoms with Crippen LogP contribution in [0.5, 0.6) is 0 Å². The van der Waals surface area contributed by atoms with Crippen LogP contribution in [0, 0.1) is 6.92 Å². The maximum absolute atomic E-state index is 10.1. The lowest BCUT2D eigenvalue weighted by atomic mass is 10.0. The minimum Gasteiger partial charge on any atom is -0.466 e. The molecule has 2 aliphatic rings. The summed E-state index contributed by atoms with van der Waals surface area (Å²) in [5.74, 6) is 2.08. The first-order chi connectivity index (χ1) is 6.21. The number of furan rings is 1. The molecule has 2 nitrogen and oxygen atoms in total. The molecular weight excluding hydrogens is 164 g/mol. The van der Waals surface area contributed by atoms with Gasteiger partial charge in [0.05, 0.1) is 5.60 Å². The summed E-state index contributed by atoms with van der Waals surface area (Å²) in [7, 11) is 0. The highest BCUT2D eigenvalue weighted by atomic mass is 16.3. The Hall–Kier alpha value is -0.760. The fourth-order valence-electron chi connectivity index (χ4n) is 2.52. The van der Waals surface area contributed by atoms with Crippen molar-refractivity contribution >= 4 is 0 Å². The van der Waals surface area contributed by atoms with Gasteiger partial charge in [0.2, 0.25) is 0 Å². The van der Waals surface area contributed by atoms with Crippen LogP contribution in [-0.2, 0) is 18.4 Å². The van der Waals surface area contributed by atoms with Crippen molar-refractivity contribution in [3.05, 3.63) is 22.6 Å². The Morgan fingerprint density at radius 2 is 2.08 bits per heavy atom. The van der Waals surface area contributed by atoms with Crippen molar-refractivity contribution < 1.29 is 9.52 Å². The summed E-state index contributed by atoms with van der Waals surface area (Å²) >= 11 is 0. The summed E-state index contributed by atoms with van der Waals surface area (Å²) < 4.78 is 5.66. The molecule has 1 heterocycles. The van der Waals surface area contributed by atoms with E-state index in [9.17, 15) is 5.11 Å². The van der Waals surface area contributed by atoms with Crippen LogP contribution in [0.25, 0.3) is 0 Å². The second-order valence-corrected chi connectivity index (χ2v) is 4.32. The van der Waals surface area contributed by atoms with Gasteiger partial charge in [-0.05, 0) is 38.2 Å². The second kappa shape index (κ2) is 2.18. The van der Waals surface area contributed by atoms with Gasteiger partial charge in [-0.15, -0.1) is 0 Å². The van der Waals surface area contributed by atoms with Crippen LogP contribution in [0.15, 0.2) is 4.42 Å². The maximum Gasteiger partial charge on any atom is 0.107 e. The Morgan fingerprint density at radius 1 is 1.31 bits per heavy atom. The smallest absolute Gasteiger partial charge is 0.107 e. The highest BCUT2D eigenvalue weighted by Gasteiger charge is 2.47. The summed E-state index contributed by atoms with van der Waals surface area (Å²) in [5.41, 5.74) is 1.93. The summed E-state index contributed by atoms with van der Waals surface area (Å²) in [4.78, 5) is 0. The van der Waals surface area contributed by atoms with Crippen molar-refractivity contribution in [3.63, 3.8) is 0 Å². The van der Waals surface area contributed by atoms with Crippen molar-refractivity contribution in [1.29, 1.82) is 0 Å². The van der Waals surface area contributed by atoms with E-state index < -0.39 is 5.60 Å². The zero-order valence-electron chi connectivity index (χ0n) is 7.89. The second-order valence-electron chi connectivity index (χ2n) is 4.32. The predicted molar refractivity (Wildman–Crippen MR) is 48.6 cm³/mol. The minimum atomic E-state index is -0.508. The Balaban J connectivity index is 2.17. The molecule has 13 heavy (non-hydrogen) atoms. The average molecular weight is 178 g/mol. The molecule has 0 unspecified atom stereocenters. The largest absolute Gasteiger partial charge is 0.466 e. The third-order valence-corrected chi connectivity index (χ3v) is 3.29. The molecular formula is C11H14O2. The molecule has 1 saturated carbocycles. The lowest BCUT2D eigenvalue weighted by Crippen LogP contribution is -2.07. The summed E-state index contributed by atoms with van der Waals surface area (Å²) in [6.07, 6.45) is 5.19. The van der Waals surface area contributed by atoms with Crippen molar-refractivity contribution in [2.24, 2.45) is 0 Å². The summed E-state index contributed by atoms with van der Waals surface area (Å²) in [6.45, 7) is 1.98. The van der Waals surface area contributed by atoms with Gasteiger partial charge < -0.3 is 9.52 Å². The van der Waals surface area contributed by atoms with E-state index in [0.717, 1.165) is 42.8 Å². The monoisotopic (exact) mass is 178 g/mol. The van der Waals surface area contributed by atoms with Gasteiger partial charge in [-0.2, -0.15) is 0 Å². The Labute approximate surface area is 77.6 Å². The van der Waals surface area contributed by atoms with E-state index in [0.29, 0.717) is 0 Å². The average Bonchev–Trinajstić information content (AvgIpc) is 2.55. The maximum atomic E-state index is 10.1. The number of aryl methyl sites for hydroxylation is 2. The van der Waals surface area contributed by atoms with Crippen LogP contribution < -0.4 is 0 Å². The molecule has 0 saturated heterocycles. The van der Waals surface area contributed by atoms with Crippen LogP contribution in [0.4, 0.5) is 0 Å². The third kappa shape index (κ3) is 0.923. The molecule has 0 aromatic carbocycles. The number of fused-ring (bicyclic) bond motifs is 1. The van der Waals surface area contributed by atoms with E-state index in [2.05, 4.69) is 0 Å². The van der Waals surface area contributed by atoms with Gasteiger partial charge in [-0.3, -0.25) is 0 Å². The Morgan fingerprint density at radius 3 is 2.77 bits per heavy atom. The molecule has 0 amide bonds. The Kier molecular flexibility index (Phi) is 1.28. The topological polar surface area (TPSA) is 33.4 Å². The number of aliphatic hydroxyl groups is 1. The summed E-state index contributed by atoms with van der Waals surface area (Å²) in [5, 5.41) is 10.1. The zero-order chi connectivity index (χ0) is 9.05. The van der Waals surface area contributed by atoms with Gasteiger partial charge in [-0.25, -0.2) is 0 Å². The van der Waals surface area contributed by atoms with Crippen LogP contribution >= 0.6 is 0 Å². The number of hydrogen-bond donors (Lipinski definition) is 1. The molecule has 0 atom stereocenters. The molecule has 1 fully saturated rings. The molecule has 1 aromatic heterocycles. The standard InChI is InChI=1S/C11H14O2/c1-7-10(11(12)5-6-11)8-3-2-4-9(8)13-7/h12H,2-6H2,1H3. The van der Waals surface area contributed by atoms with Gasteiger partial charge in [0.1, 0.15) is 11.5 Å². The van der Waals surface area contributed by atoms with Gasteiger partial charge in [0, 0.05) is 12.0 Å². The van der Waals surface area contributed by atoms with Gasteiger partial charge in [0.15, 0.2) is 0 Å².